The Morgan fingerprint density at radius 2 is 1.75 bits per heavy atom. The van der Waals surface area contributed by atoms with Gasteiger partial charge in [-0.25, -0.2) is 0 Å². The number of ether oxygens (including phenoxy) is 2. The molecular weight excluding hydrogens is 504 g/mol. The third-order valence-corrected chi connectivity index (χ3v) is 12.1. The van der Waals surface area contributed by atoms with Crippen molar-refractivity contribution in [2.75, 3.05) is 6.61 Å². The zero-order valence-corrected chi connectivity index (χ0v) is 25.5. The van der Waals surface area contributed by atoms with Crippen molar-refractivity contribution >= 4 is 0 Å². The molecule has 6 nitrogen and oxygen atoms in total. The fraction of sp³-hybridized carbons (Fsp3) is 0.824. The van der Waals surface area contributed by atoms with Crippen LogP contribution in [0.5, 0.6) is 0 Å². The smallest absolute Gasteiger partial charge is 0.186 e. The van der Waals surface area contributed by atoms with Crippen molar-refractivity contribution in [3.05, 3.63) is 35.5 Å². The number of allylic oxidation sites excluding steroid dienone is 6. The molecule has 1 heterocycles. The monoisotopic (exact) mass is 558 g/mol. The van der Waals surface area contributed by atoms with E-state index in [9.17, 15) is 20.4 Å². The van der Waals surface area contributed by atoms with Gasteiger partial charge in [-0.2, -0.15) is 0 Å². The van der Waals surface area contributed by atoms with Crippen LogP contribution in [0.1, 0.15) is 86.5 Å². The van der Waals surface area contributed by atoms with Gasteiger partial charge in [-0.1, -0.05) is 65.8 Å². The van der Waals surface area contributed by atoms with E-state index in [4.69, 9.17) is 9.47 Å². The Hall–Kier alpha value is -1.02. The average Bonchev–Trinajstić information content (AvgIpc) is 3.29. The molecule has 3 fully saturated rings. The minimum Gasteiger partial charge on any atom is -0.394 e. The zero-order valence-electron chi connectivity index (χ0n) is 25.5. The third-order valence-electron chi connectivity index (χ3n) is 12.1. The molecule has 5 aliphatic rings. The molecule has 0 unspecified atom stereocenters. The highest BCUT2D eigenvalue weighted by Gasteiger charge is 2.55. The van der Waals surface area contributed by atoms with Crippen molar-refractivity contribution in [2.24, 2.45) is 46.3 Å². The van der Waals surface area contributed by atoms with Crippen LogP contribution in [0.15, 0.2) is 35.5 Å². The summed E-state index contributed by atoms with van der Waals surface area (Å²) in [7, 11) is 0. The second-order valence-electron chi connectivity index (χ2n) is 14.7. The fourth-order valence-electron chi connectivity index (χ4n) is 8.91. The van der Waals surface area contributed by atoms with Crippen LogP contribution in [0, 0.1) is 46.3 Å². The van der Waals surface area contributed by atoms with Crippen LogP contribution in [0.2, 0.25) is 0 Å². The molecule has 0 aromatic heterocycles. The van der Waals surface area contributed by atoms with Crippen molar-refractivity contribution < 1.29 is 29.9 Å². The fourth-order valence-corrected chi connectivity index (χ4v) is 8.91. The number of fused-ring (bicyclic) bond motifs is 5. The summed E-state index contributed by atoms with van der Waals surface area (Å²) in [6.45, 7) is 13.9. The van der Waals surface area contributed by atoms with Crippen molar-refractivity contribution in [1.29, 1.82) is 0 Å². The van der Waals surface area contributed by atoms with Crippen molar-refractivity contribution in [3.8, 4) is 0 Å². The van der Waals surface area contributed by atoms with Gasteiger partial charge in [0.2, 0.25) is 0 Å². The van der Waals surface area contributed by atoms with Crippen molar-refractivity contribution in [2.45, 2.75) is 123 Å². The topological polar surface area (TPSA) is 99.4 Å². The Morgan fingerprint density at radius 1 is 1.00 bits per heavy atom. The minimum absolute atomic E-state index is 0.0966. The molecule has 0 bridgehead atoms. The second kappa shape index (κ2) is 11.6. The molecule has 5 rings (SSSR count). The van der Waals surface area contributed by atoms with Crippen LogP contribution < -0.4 is 0 Å². The molecule has 4 aliphatic carbocycles. The molecule has 0 radical (unpaired) electrons. The third kappa shape index (κ3) is 5.20. The first-order valence-corrected chi connectivity index (χ1v) is 16.0. The lowest BCUT2D eigenvalue weighted by atomic mass is 9.51. The molecule has 1 aliphatic heterocycles. The Balaban J connectivity index is 1.28. The maximum Gasteiger partial charge on any atom is 0.186 e. The summed E-state index contributed by atoms with van der Waals surface area (Å²) >= 11 is 0. The zero-order chi connectivity index (χ0) is 29.0. The van der Waals surface area contributed by atoms with Gasteiger partial charge in [-0.05, 0) is 102 Å². The lowest BCUT2D eigenvalue weighted by Crippen LogP contribution is -2.60. The predicted molar refractivity (Wildman–Crippen MR) is 156 cm³/mol. The summed E-state index contributed by atoms with van der Waals surface area (Å²) in [6.07, 6.45) is 11.4. The second-order valence-corrected chi connectivity index (χ2v) is 14.7. The van der Waals surface area contributed by atoms with Gasteiger partial charge in [0.1, 0.15) is 24.4 Å². The van der Waals surface area contributed by atoms with E-state index in [2.05, 4.69) is 65.8 Å². The van der Waals surface area contributed by atoms with Gasteiger partial charge in [-0.3, -0.25) is 0 Å². The predicted octanol–water partition coefficient (Wildman–Crippen LogP) is 5.16. The highest BCUT2D eigenvalue weighted by atomic mass is 16.7. The number of rotatable bonds is 7. The molecule has 0 aromatic rings. The van der Waals surface area contributed by atoms with Gasteiger partial charge in [0.05, 0.1) is 12.7 Å². The van der Waals surface area contributed by atoms with E-state index in [1.165, 1.54) is 12.8 Å². The molecule has 0 spiro atoms. The first-order valence-electron chi connectivity index (χ1n) is 16.0. The molecule has 226 valence electrons. The molecule has 0 aromatic carbocycles. The number of aliphatic hydroxyl groups is 4. The van der Waals surface area contributed by atoms with Gasteiger partial charge in [-0.15, -0.1) is 0 Å². The molecular formula is C34H54O6. The molecule has 4 N–H and O–H groups in total. The van der Waals surface area contributed by atoms with Crippen LogP contribution in [0.25, 0.3) is 0 Å². The molecule has 0 amide bonds. The van der Waals surface area contributed by atoms with Crippen molar-refractivity contribution in [3.63, 3.8) is 0 Å². The van der Waals surface area contributed by atoms with E-state index in [1.807, 2.05) is 0 Å². The molecule has 2 saturated carbocycles. The molecule has 6 heteroatoms. The van der Waals surface area contributed by atoms with Crippen LogP contribution >= 0.6 is 0 Å². The van der Waals surface area contributed by atoms with E-state index in [1.54, 1.807) is 11.1 Å². The number of hydrogen-bond donors (Lipinski definition) is 4. The number of aliphatic hydroxyl groups excluding tert-OH is 4. The first-order chi connectivity index (χ1) is 18.9. The van der Waals surface area contributed by atoms with Gasteiger partial charge in [0.25, 0.3) is 0 Å². The maximum atomic E-state index is 10.5. The largest absolute Gasteiger partial charge is 0.394 e. The Kier molecular flexibility index (Phi) is 8.81. The highest BCUT2D eigenvalue weighted by molar-refractivity contribution is 5.46. The number of hydrogen-bond acceptors (Lipinski definition) is 6. The summed E-state index contributed by atoms with van der Waals surface area (Å²) < 4.78 is 11.9. The van der Waals surface area contributed by atoms with Gasteiger partial charge in [0, 0.05) is 0 Å². The maximum absolute atomic E-state index is 10.5. The Bertz CT molecular complexity index is 1000. The quantitative estimate of drug-likeness (QED) is 0.323. The summed E-state index contributed by atoms with van der Waals surface area (Å²) in [5.41, 5.74) is 3.63. The SMILES string of the molecule is CC(C)[C@@H](C)C=C[C@@H](C)[C@H]1CC[C@H]2C3=CC[C@H]4C[C@@H](O[C@@H]5O[C@H](CO)[C@@H](O)[C@H](O)[C@H]5O)CC[C@]4(C)C3=CC[C@]12C. The van der Waals surface area contributed by atoms with E-state index >= 15 is 0 Å². The lowest BCUT2D eigenvalue weighted by Gasteiger charge is -2.54. The van der Waals surface area contributed by atoms with Crippen molar-refractivity contribution in [1.82, 2.24) is 0 Å². The highest BCUT2D eigenvalue weighted by Crippen LogP contribution is 2.65. The van der Waals surface area contributed by atoms with Gasteiger partial charge in [0.15, 0.2) is 6.29 Å². The minimum atomic E-state index is -1.40. The Labute approximate surface area is 241 Å². The van der Waals surface area contributed by atoms with Gasteiger partial charge >= 0.3 is 0 Å². The van der Waals surface area contributed by atoms with Gasteiger partial charge < -0.3 is 29.9 Å². The average molecular weight is 559 g/mol. The lowest BCUT2D eigenvalue weighted by molar-refractivity contribution is -0.314. The molecule has 13 atom stereocenters. The van der Waals surface area contributed by atoms with E-state index in [-0.39, 0.29) is 11.5 Å². The van der Waals surface area contributed by atoms with E-state index in [0.29, 0.717) is 40.9 Å². The van der Waals surface area contributed by atoms with Crippen LogP contribution in [0.4, 0.5) is 0 Å². The molecule has 1 saturated heterocycles. The molecule has 40 heavy (non-hydrogen) atoms. The van der Waals surface area contributed by atoms with Crippen LogP contribution in [-0.2, 0) is 9.47 Å². The normalized spacial score (nSPS) is 46.8. The van der Waals surface area contributed by atoms with E-state index in [0.717, 1.165) is 32.1 Å². The summed E-state index contributed by atoms with van der Waals surface area (Å²) in [5, 5.41) is 40.3. The van der Waals surface area contributed by atoms with Crippen LogP contribution in [-0.4, -0.2) is 63.8 Å². The van der Waals surface area contributed by atoms with E-state index < -0.39 is 37.3 Å². The Morgan fingerprint density at radius 3 is 2.45 bits per heavy atom. The first kappa shape index (κ1) is 30.4. The summed E-state index contributed by atoms with van der Waals surface area (Å²) in [5.74, 6) is 3.68. The summed E-state index contributed by atoms with van der Waals surface area (Å²) in [4.78, 5) is 0. The van der Waals surface area contributed by atoms with Crippen LogP contribution in [0.3, 0.4) is 0 Å². The standard InChI is InChI=1S/C34H54O6/c1-19(2)20(3)7-8-21(4)25-11-12-26-24-10-9-22-17-23(13-15-33(22,5)27(24)14-16-34(25,26)6)39-32-31(38)30(37)29(36)28(18-35)40-32/h7-8,10,14,19-23,25-26,28-32,35-38H,9,11-13,15-18H2,1-6H3/t20-,21+,22-,23-,25+,26-,28+,29+,30-,31+,32+,33-,34+/m0/s1. The summed E-state index contributed by atoms with van der Waals surface area (Å²) in [6, 6.07) is 0.